The van der Waals surface area contributed by atoms with Gasteiger partial charge in [0.25, 0.3) is 0 Å². The summed E-state index contributed by atoms with van der Waals surface area (Å²) in [4.78, 5) is 14.7. The van der Waals surface area contributed by atoms with Crippen LogP contribution in [0.4, 0.5) is 0 Å². The number of nitrogens with zero attached hydrogens (tertiary/aromatic N) is 2. The van der Waals surface area contributed by atoms with Crippen molar-refractivity contribution in [1.29, 1.82) is 0 Å². The van der Waals surface area contributed by atoms with Gasteiger partial charge >= 0.3 is 5.97 Å². The molecule has 2 atom stereocenters. The van der Waals surface area contributed by atoms with E-state index in [-0.39, 0.29) is 12.6 Å². The predicted octanol–water partition coefficient (Wildman–Crippen LogP) is 3.28. The number of benzene rings is 1. The summed E-state index contributed by atoms with van der Waals surface area (Å²) in [5, 5.41) is 11.2. The Morgan fingerprint density at radius 1 is 1.36 bits per heavy atom. The molecule has 1 aromatic carbocycles. The number of carbonyl (C=O) groups excluding carboxylic acids is 1. The van der Waals surface area contributed by atoms with Crippen LogP contribution in [0.3, 0.4) is 0 Å². The number of aromatic nitrogens is 1. The zero-order chi connectivity index (χ0) is 20.3. The molecule has 1 N–H and O–H groups in total. The van der Waals surface area contributed by atoms with Crippen LogP contribution in [0.15, 0.2) is 18.2 Å². The fourth-order valence-electron chi connectivity index (χ4n) is 4.05. The molecular weight excluding hydrogens is 356 g/mol. The van der Waals surface area contributed by atoms with Gasteiger partial charge in [-0.3, -0.25) is 4.90 Å². The largest absolute Gasteiger partial charge is 0.491 e. The van der Waals surface area contributed by atoms with Crippen LogP contribution in [0.1, 0.15) is 49.2 Å². The average Bonchev–Trinajstić information content (AvgIpc) is 2.92. The lowest BCUT2D eigenvalue weighted by Crippen LogP contribution is -2.43. The molecule has 0 radical (unpaired) electrons. The number of aryl methyl sites for hydroxylation is 1. The highest BCUT2D eigenvalue weighted by molar-refractivity contribution is 6.06. The third kappa shape index (κ3) is 4.33. The molecule has 28 heavy (non-hydrogen) atoms. The van der Waals surface area contributed by atoms with Crippen molar-refractivity contribution in [2.75, 3.05) is 26.3 Å². The van der Waals surface area contributed by atoms with Gasteiger partial charge in [0, 0.05) is 36.2 Å². The summed E-state index contributed by atoms with van der Waals surface area (Å²) < 4.78 is 13.1. The Hall–Kier alpha value is -2.05. The van der Waals surface area contributed by atoms with E-state index in [1.54, 1.807) is 6.92 Å². The molecule has 0 aliphatic carbocycles. The number of β-amino-alcohol motifs (C(OH)–C–C–N with tert-alkyl or cyclic N) is 1. The number of piperidine rings is 1. The topological polar surface area (TPSA) is 63.9 Å². The van der Waals surface area contributed by atoms with E-state index < -0.39 is 6.10 Å². The SMILES string of the molecule is CCOC(=O)c1c(C)n(C)c2ccc(OC[C@H](O)CN3CCCC[C@H]3C)cc12. The fraction of sp³-hybridized carbons (Fsp3) is 0.591. The summed E-state index contributed by atoms with van der Waals surface area (Å²) in [7, 11) is 1.93. The lowest BCUT2D eigenvalue weighted by Gasteiger charge is -2.34. The first-order chi connectivity index (χ1) is 13.4. The van der Waals surface area contributed by atoms with E-state index in [1.165, 1.54) is 19.3 Å². The summed E-state index contributed by atoms with van der Waals surface area (Å²) in [6, 6.07) is 6.20. The lowest BCUT2D eigenvalue weighted by molar-refractivity contribution is 0.0438. The van der Waals surface area contributed by atoms with Crippen LogP contribution in [0.2, 0.25) is 0 Å². The number of aliphatic hydroxyl groups excluding tert-OH is 1. The second-order valence-corrected chi connectivity index (χ2v) is 7.72. The monoisotopic (exact) mass is 388 g/mol. The Balaban J connectivity index is 1.71. The number of aliphatic hydroxyl groups is 1. The van der Waals surface area contributed by atoms with Crippen LogP contribution in [0.5, 0.6) is 5.75 Å². The molecule has 0 saturated carbocycles. The Morgan fingerprint density at radius 2 is 2.14 bits per heavy atom. The van der Waals surface area contributed by atoms with Gasteiger partial charge in [0.15, 0.2) is 0 Å². The first kappa shape index (κ1) is 20.7. The normalized spacial score (nSPS) is 19.0. The van der Waals surface area contributed by atoms with Gasteiger partial charge in [-0.05, 0) is 58.4 Å². The summed E-state index contributed by atoms with van der Waals surface area (Å²) >= 11 is 0. The number of likely N-dealkylation sites (tertiary alicyclic amines) is 1. The average molecular weight is 389 g/mol. The second kappa shape index (κ2) is 8.97. The van der Waals surface area contributed by atoms with Crippen molar-refractivity contribution in [2.24, 2.45) is 7.05 Å². The van der Waals surface area contributed by atoms with E-state index in [4.69, 9.17) is 9.47 Å². The van der Waals surface area contributed by atoms with E-state index in [2.05, 4.69) is 11.8 Å². The maximum atomic E-state index is 12.4. The van der Waals surface area contributed by atoms with Crippen molar-refractivity contribution in [3.63, 3.8) is 0 Å². The Labute approximate surface area is 167 Å². The van der Waals surface area contributed by atoms with Crippen LogP contribution >= 0.6 is 0 Å². The molecule has 154 valence electrons. The van der Waals surface area contributed by atoms with Gasteiger partial charge in [-0.1, -0.05) is 6.42 Å². The van der Waals surface area contributed by atoms with Crippen LogP contribution in [0, 0.1) is 6.92 Å². The number of carbonyl (C=O) groups is 1. The molecule has 0 unspecified atom stereocenters. The number of hydrogen-bond donors (Lipinski definition) is 1. The Kier molecular flexibility index (Phi) is 6.62. The molecule has 2 heterocycles. The summed E-state index contributed by atoms with van der Waals surface area (Å²) in [5.74, 6) is 0.330. The summed E-state index contributed by atoms with van der Waals surface area (Å²) in [5.41, 5.74) is 2.40. The molecule has 1 fully saturated rings. The van der Waals surface area contributed by atoms with Crippen LogP contribution < -0.4 is 4.74 Å². The van der Waals surface area contributed by atoms with Crippen LogP contribution in [0.25, 0.3) is 10.9 Å². The number of esters is 1. The molecule has 0 amide bonds. The molecule has 1 saturated heterocycles. The predicted molar refractivity (Wildman–Crippen MR) is 110 cm³/mol. The van der Waals surface area contributed by atoms with E-state index in [9.17, 15) is 9.90 Å². The Morgan fingerprint density at radius 3 is 2.86 bits per heavy atom. The zero-order valence-electron chi connectivity index (χ0n) is 17.4. The van der Waals surface area contributed by atoms with E-state index >= 15 is 0 Å². The van der Waals surface area contributed by atoms with Gasteiger partial charge in [-0.2, -0.15) is 0 Å². The highest BCUT2D eigenvalue weighted by atomic mass is 16.5. The van der Waals surface area contributed by atoms with Gasteiger partial charge in [0.1, 0.15) is 18.5 Å². The molecule has 6 nitrogen and oxygen atoms in total. The molecular formula is C22H32N2O4. The van der Waals surface area contributed by atoms with E-state index in [1.807, 2.05) is 36.7 Å². The first-order valence-corrected chi connectivity index (χ1v) is 10.2. The molecule has 1 aliphatic rings. The minimum absolute atomic E-state index is 0.231. The highest BCUT2D eigenvalue weighted by Gasteiger charge is 2.22. The number of ether oxygens (including phenoxy) is 2. The standard InChI is InChI=1S/C22H32N2O4/c1-5-27-22(26)21-16(3)23(4)20-10-9-18(12-19(20)21)28-14-17(25)13-24-11-7-6-8-15(24)2/h9-10,12,15,17,25H,5-8,11,13-14H2,1-4H3/t15-,17-/m1/s1. The molecule has 6 heteroatoms. The van der Waals surface area contributed by atoms with E-state index in [0.717, 1.165) is 23.1 Å². The van der Waals surface area contributed by atoms with Gasteiger partial charge in [0.2, 0.25) is 0 Å². The number of hydrogen-bond acceptors (Lipinski definition) is 5. The van der Waals surface area contributed by atoms with E-state index in [0.29, 0.717) is 30.5 Å². The van der Waals surface area contributed by atoms with Crippen molar-refractivity contribution >= 4 is 16.9 Å². The van der Waals surface area contributed by atoms with Crippen LogP contribution in [-0.4, -0.2) is 59.0 Å². The van der Waals surface area contributed by atoms with Crippen molar-refractivity contribution in [3.8, 4) is 5.75 Å². The zero-order valence-corrected chi connectivity index (χ0v) is 17.4. The molecule has 1 aromatic heterocycles. The van der Waals surface area contributed by atoms with Crippen molar-refractivity contribution in [2.45, 2.75) is 52.2 Å². The van der Waals surface area contributed by atoms with Gasteiger partial charge in [0.05, 0.1) is 12.2 Å². The fourth-order valence-corrected chi connectivity index (χ4v) is 4.05. The number of rotatable bonds is 7. The molecule has 0 bridgehead atoms. The van der Waals surface area contributed by atoms with Crippen molar-refractivity contribution in [1.82, 2.24) is 9.47 Å². The highest BCUT2D eigenvalue weighted by Crippen LogP contribution is 2.29. The van der Waals surface area contributed by atoms with Gasteiger partial charge < -0.3 is 19.1 Å². The minimum atomic E-state index is -0.543. The summed E-state index contributed by atoms with van der Waals surface area (Å²) in [6.45, 7) is 8.17. The first-order valence-electron chi connectivity index (χ1n) is 10.2. The maximum absolute atomic E-state index is 12.4. The van der Waals surface area contributed by atoms with Crippen molar-refractivity contribution < 1.29 is 19.4 Å². The lowest BCUT2D eigenvalue weighted by atomic mass is 10.0. The maximum Gasteiger partial charge on any atom is 0.340 e. The third-order valence-electron chi connectivity index (χ3n) is 5.77. The smallest absolute Gasteiger partial charge is 0.340 e. The van der Waals surface area contributed by atoms with Gasteiger partial charge in [-0.15, -0.1) is 0 Å². The molecule has 3 rings (SSSR count). The third-order valence-corrected chi connectivity index (χ3v) is 5.77. The van der Waals surface area contributed by atoms with Gasteiger partial charge in [-0.25, -0.2) is 4.79 Å². The quantitative estimate of drug-likeness (QED) is 0.738. The molecule has 0 spiro atoms. The Bertz CT molecular complexity index is 830. The summed E-state index contributed by atoms with van der Waals surface area (Å²) in [6.07, 6.45) is 3.11. The molecule has 1 aliphatic heterocycles. The second-order valence-electron chi connectivity index (χ2n) is 7.72. The van der Waals surface area contributed by atoms with Crippen molar-refractivity contribution in [3.05, 3.63) is 29.5 Å². The minimum Gasteiger partial charge on any atom is -0.491 e. The molecule has 2 aromatic rings. The van der Waals surface area contributed by atoms with Crippen LogP contribution in [-0.2, 0) is 11.8 Å². The number of fused-ring (bicyclic) bond motifs is 1.